The number of hydrogen-bond acceptors (Lipinski definition) is 6. The van der Waals surface area contributed by atoms with Crippen LogP contribution in [0.2, 0.25) is 0 Å². The summed E-state index contributed by atoms with van der Waals surface area (Å²) in [4.78, 5) is 4.29. The Labute approximate surface area is 161 Å². The van der Waals surface area contributed by atoms with E-state index in [1.165, 1.54) is 18.5 Å². The lowest BCUT2D eigenvalue weighted by Gasteiger charge is -2.26. The van der Waals surface area contributed by atoms with Crippen LogP contribution in [-0.2, 0) is 0 Å². The fourth-order valence-electron chi connectivity index (χ4n) is 3.24. The fraction of sp³-hybridized carbons (Fsp3) is 0.200. The van der Waals surface area contributed by atoms with Crippen molar-refractivity contribution in [1.29, 1.82) is 0 Å². The standard InChI is InChI=1S/C20H19FN4O3/c1-26-17-10-19(28-3)18(27-2)8-14(17)16-9-15(12-4-6-13(21)7-5-12)24-20-22-11-23-25(16)20/h4-11,16H,1-3H3,(H,22,23,24)/t16-/m1/s1. The number of hydrogen-bond donors (Lipinski definition) is 1. The third-order valence-corrected chi connectivity index (χ3v) is 4.62. The molecule has 0 fully saturated rings. The zero-order chi connectivity index (χ0) is 19.7. The van der Waals surface area contributed by atoms with Gasteiger partial charge in [-0.1, -0.05) is 0 Å². The number of methoxy groups -OCH3 is 3. The zero-order valence-corrected chi connectivity index (χ0v) is 15.6. The summed E-state index contributed by atoms with van der Waals surface area (Å²) in [6.45, 7) is 0. The van der Waals surface area contributed by atoms with Gasteiger partial charge < -0.3 is 19.5 Å². The number of ether oxygens (including phenoxy) is 3. The molecule has 0 spiro atoms. The second kappa shape index (κ2) is 7.22. The van der Waals surface area contributed by atoms with E-state index in [2.05, 4.69) is 15.4 Å². The minimum absolute atomic E-state index is 0.290. The van der Waals surface area contributed by atoms with E-state index in [-0.39, 0.29) is 11.9 Å². The number of fused-ring (bicyclic) bond motifs is 1. The van der Waals surface area contributed by atoms with Gasteiger partial charge in [0.25, 0.3) is 0 Å². The van der Waals surface area contributed by atoms with E-state index in [0.717, 1.165) is 16.8 Å². The SMILES string of the molecule is COc1cc(OC)c([C@H]2C=C(c3ccc(F)cc3)Nc3ncnn32)cc1OC. The van der Waals surface area contributed by atoms with E-state index in [1.54, 1.807) is 44.2 Å². The Bertz CT molecular complexity index is 1030. The summed E-state index contributed by atoms with van der Waals surface area (Å²) < 4.78 is 31.5. The minimum atomic E-state index is -0.312. The number of nitrogens with one attached hydrogen (secondary N) is 1. The fourth-order valence-corrected chi connectivity index (χ4v) is 3.24. The van der Waals surface area contributed by atoms with Crippen LogP contribution in [0.3, 0.4) is 0 Å². The number of anilines is 1. The Kier molecular flexibility index (Phi) is 4.60. The molecule has 1 aliphatic heterocycles. The molecule has 1 aliphatic rings. The van der Waals surface area contributed by atoms with Crippen LogP contribution in [0.4, 0.5) is 10.3 Å². The summed E-state index contributed by atoms with van der Waals surface area (Å²) in [5.74, 6) is 2.06. The average molecular weight is 382 g/mol. The number of rotatable bonds is 5. The summed E-state index contributed by atoms with van der Waals surface area (Å²) in [6, 6.07) is 9.59. The molecule has 2 aromatic carbocycles. The zero-order valence-electron chi connectivity index (χ0n) is 15.6. The topological polar surface area (TPSA) is 70.4 Å². The number of halogens is 1. The molecule has 0 amide bonds. The van der Waals surface area contributed by atoms with Crippen LogP contribution in [-0.4, -0.2) is 36.1 Å². The van der Waals surface area contributed by atoms with Gasteiger partial charge in [0.15, 0.2) is 11.5 Å². The van der Waals surface area contributed by atoms with Crippen molar-refractivity contribution in [2.45, 2.75) is 6.04 Å². The van der Waals surface area contributed by atoms with E-state index in [1.807, 2.05) is 12.1 Å². The van der Waals surface area contributed by atoms with Crippen LogP contribution in [0.1, 0.15) is 17.2 Å². The van der Waals surface area contributed by atoms with Gasteiger partial charge in [-0.3, -0.25) is 0 Å². The van der Waals surface area contributed by atoms with E-state index >= 15 is 0 Å². The van der Waals surface area contributed by atoms with Crippen LogP contribution < -0.4 is 19.5 Å². The Balaban J connectivity index is 1.87. The van der Waals surface area contributed by atoms with E-state index < -0.39 is 0 Å². The third-order valence-electron chi connectivity index (χ3n) is 4.62. The molecule has 0 unspecified atom stereocenters. The largest absolute Gasteiger partial charge is 0.496 e. The second-order valence-corrected chi connectivity index (χ2v) is 6.13. The van der Waals surface area contributed by atoms with Crippen LogP contribution in [0.15, 0.2) is 48.8 Å². The summed E-state index contributed by atoms with van der Waals surface area (Å²) in [6.07, 6.45) is 3.46. The molecule has 1 atom stereocenters. The summed E-state index contributed by atoms with van der Waals surface area (Å²) >= 11 is 0. The van der Waals surface area contributed by atoms with Crippen LogP contribution in [0.25, 0.3) is 5.70 Å². The quantitative estimate of drug-likeness (QED) is 0.728. The molecule has 0 bridgehead atoms. The molecule has 1 N–H and O–H groups in total. The molecule has 0 aliphatic carbocycles. The van der Waals surface area contributed by atoms with Crippen molar-refractivity contribution < 1.29 is 18.6 Å². The molecule has 144 valence electrons. The molecular weight excluding hydrogens is 363 g/mol. The highest BCUT2D eigenvalue weighted by molar-refractivity contribution is 5.77. The van der Waals surface area contributed by atoms with Gasteiger partial charge in [0, 0.05) is 17.3 Å². The van der Waals surface area contributed by atoms with Gasteiger partial charge in [0.1, 0.15) is 23.9 Å². The summed E-state index contributed by atoms with van der Waals surface area (Å²) in [7, 11) is 4.75. The van der Waals surface area contributed by atoms with Gasteiger partial charge in [-0.05, 0) is 42.0 Å². The van der Waals surface area contributed by atoms with Crippen molar-refractivity contribution >= 4 is 11.6 Å². The Morgan fingerprint density at radius 2 is 1.64 bits per heavy atom. The number of benzene rings is 2. The van der Waals surface area contributed by atoms with Crippen LogP contribution in [0.5, 0.6) is 17.2 Å². The smallest absolute Gasteiger partial charge is 0.226 e. The summed E-state index contributed by atoms with van der Waals surface area (Å²) in [5.41, 5.74) is 2.45. The van der Waals surface area contributed by atoms with E-state index in [4.69, 9.17) is 14.2 Å². The van der Waals surface area contributed by atoms with Gasteiger partial charge in [0.05, 0.1) is 21.3 Å². The maximum absolute atomic E-state index is 13.3. The van der Waals surface area contributed by atoms with Crippen molar-refractivity contribution in [2.24, 2.45) is 0 Å². The second-order valence-electron chi connectivity index (χ2n) is 6.13. The van der Waals surface area contributed by atoms with Gasteiger partial charge in [-0.25, -0.2) is 9.07 Å². The first-order valence-electron chi connectivity index (χ1n) is 8.58. The van der Waals surface area contributed by atoms with E-state index in [9.17, 15) is 4.39 Å². The first-order chi connectivity index (χ1) is 13.6. The molecule has 2 heterocycles. The molecule has 1 aromatic heterocycles. The van der Waals surface area contributed by atoms with Gasteiger partial charge in [-0.15, -0.1) is 0 Å². The predicted octanol–water partition coefficient (Wildman–Crippen LogP) is 3.50. The Hall–Kier alpha value is -3.55. The van der Waals surface area contributed by atoms with Crippen molar-refractivity contribution in [3.63, 3.8) is 0 Å². The molecule has 28 heavy (non-hydrogen) atoms. The lowest BCUT2D eigenvalue weighted by Crippen LogP contribution is -2.20. The molecule has 7 nitrogen and oxygen atoms in total. The van der Waals surface area contributed by atoms with Gasteiger partial charge >= 0.3 is 0 Å². The molecule has 3 aromatic rings. The lowest BCUT2D eigenvalue weighted by atomic mass is 10.00. The third kappa shape index (κ3) is 3.02. The van der Waals surface area contributed by atoms with E-state index in [0.29, 0.717) is 23.2 Å². The first kappa shape index (κ1) is 17.8. The average Bonchev–Trinajstić information content (AvgIpc) is 3.21. The minimum Gasteiger partial charge on any atom is -0.496 e. The molecular formula is C20H19FN4O3. The van der Waals surface area contributed by atoms with Crippen molar-refractivity contribution in [3.05, 3.63) is 65.7 Å². The Morgan fingerprint density at radius 1 is 0.964 bits per heavy atom. The number of nitrogens with zero attached hydrogens (tertiary/aromatic N) is 3. The first-order valence-corrected chi connectivity index (χ1v) is 8.58. The monoisotopic (exact) mass is 382 g/mol. The van der Waals surface area contributed by atoms with Crippen LogP contribution in [0, 0.1) is 5.82 Å². The highest BCUT2D eigenvalue weighted by Gasteiger charge is 2.27. The highest BCUT2D eigenvalue weighted by Crippen LogP contribution is 2.41. The normalized spacial score (nSPS) is 15.3. The number of allylic oxidation sites excluding steroid dienone is 1. The molecule has 4 rings (SSSR count). The maximum Gasteiger partial charge on any atom is 0.226 e. The van der Waals surface area contributed by atoms with Gasteiger partial charge in [0.2, 0.25) is 5.95 Å². The molecule has 0 saturated heterocycles. The van der Waals surface area contributed by atoms with Crippen molar-refractivity contribution in [1.82, 2.24) is 14.8 Å². The number of aromatic nitrogens is 3. The predicted molar refractivity (Wildman–Crippen MR) is 102 cm³/mol. The molecule has 0 saturated carbocycles. The van der Waals surface area contributed by atoms with Crippen molar-refractivity contribution in [2.75, 3.05) is 26.6 Å². The Morgan fingerprint density at radius 3 is 2.32 bits per heavy atom. The summed E-state index contributed by atoms with van der Waals surface area (Å²) in [5, 5.41) is 7.57. The van der Waals surface area contributed by atoms with Crippen molar-refractivity contribution in [3.8, 4) is 17.2 Å². The van der Waals surface area contributed by atoms with Gasteiger partial charge in [-0.2, -0.15) is 10.1 Å². The molecule has 8 heteroatoms. The molecule has 0 radical (unpaired) electrons. The highest BCUT2D eigenvalue weighted by atomic mass is 19.1. The maximum atomic E-state index is 13.3. The lowest BCUT2D eigenvalue weighted by molar-refractivity contribution is 0.346. The van der Waals surface area contributed by atoms with Crippen LogP contribution >= 0.6 is 0 Å².